The first-order chi connectivity index (χ1) is 10.4. The van der Waals surface area contributed by atoms with Crippen molar-refractivity contribution >= 4 is 7.82 Å². The molecule has 0 atom stereocenters. The van der Waals surface area contributed by atoms with E-state index in [-0.39, 0.29) is 0 Å². The molecule has 0 aliphatic heterocycles. The Bertz CT molecular complexity index is 267. The zero-order valence-electron chi connectivity index (χ0n) is 14.2. The summed E-state index contributed by atoms with van der Waals surface area (Å²) in [6, 6.07) is 0. The molecule has 134 valence electrons. The van der Waals surface area contributed by atoms with E-state index in [0.717, 1.165) is 6.61 Å². The highest BCUT2D eigenvalue weighted by Crippen LogP contribution is 2.25. The highest BCUT2D eigenvalue weighted by atomic mass is 31.2. The van der Waals surface area contributed by atoms with Crippen molar-refractivity contribution in [2.24, 2.45) is 0 Å². The molecule has 6 heteroatoms. The monoisotopic (exact) mass is 338 g/mol. The van der Waals surface area contributed by atoms with Gasteiger partial charge in [0.25, 0.3) is 0 Å². The molecule has 0 aromatic heterocycles. The molecule has 0 aromatic rings. The Morgan fingerprint density at radius 1 is 0.818 bits per heavy atom. The Morgan fingerprint density at radius 3 is 1.55 bits per heavy atom. The van der Waals surface area contributed by atoms with Crippen LogP contribution < -0.4 is 0 Å². The van der Waals surface area contributed by atoms with Crippen molar-refractivity contribution in [3.05, 3.63) is 12.3 Å². The number of allylic oxidation sites excluding steroid dienone is 1. The van der Waals surface area contributed by atoms with Gasteiger partial charge in [-0.15, -0.1) is 0 Å². The van der Waals surface area contributed by atoms with Crippen molar-refractivity contribution < 1.29 is 24.0 Å². The lowest BCUT2D eigenvalue weighted by atomic mass is 10.1. The Morgan fingerprint density at radius 2 is 1.18 bits per heavy atom. The van der Waals surface area contributed by atoms with Crippen LogP contribution in [-0.2, 0) is 9.30 Å². The lowest BCUT2D eigenvalue weighted by Gasteiger charge is -2.02. The van der Waals surface area contributed by atoms with E-state index in [2.05, 4.69) is 6.92 Å². The molecule has 0 heterocycles. The number of hydrogen-bond acceptors (Lipinski definition) is 2. The van der Waals surface area contributed by atoms with Crippen LogP contribution in [-0.4, -0.2) is 21.3 Å². The van der Waals surface area contributed by atoms with E-state index in [0.29, 0.717) is 0 Å². The van der Waals surface area contributed by atoms with Gasteiger partial charge >= 0.3 is 7.82 Å². The number of phosphoric acid groups is 1. The molecule has 0 aromatic carbocycles. The lowest BCUT2D eigenvalue weighted by Crippen LogP contribution is -1.88. The fraction of sp³-hybridized carbons (Fsp3) is 0.875. The van der Waals surface area contributed by atoms with Gasteiger partial charge in [-0.2, -0.15) is 0 Å². The van der Waals surface area contributed by atoms with Crippen molar-refractivity contribution in [2.45, 2.75) is 84.5 Å². The van der Waals surface area contributed by atoms with Crippen LogP contribution in [0.25, 0.3) is 0 Å². The van der Waals surface area contributed by atoms with Gasteiger partial charge in [-0.3, -0.25) is 0 Å². The van der Waals surface area contributed by atoms with Crippen molar-refractivity contribution in [3.8, 4) is 0 Å². The molecule has 0 unspecified atom stereocenters. The zero-order chi connectivity index (χ0) is 17.1. The minimum absolute atomic E-state index is 0.890. The first kappa shape index (κ1) is 23.9. The fourth-order valence-electron chi connectivity index (χ4n) is 2.01. The maximum absolute atomic E-state index is 8.88. The maximum Gasteiger partial charge on any atom is 0.466 e. The third-order valence-corrected chi connectivity index (χ3v) is 3.10. The first-order valence-corrected chi connectivity index (χ1v) is 9.99. The number of hydrogen-bond donors (Lipinski definition) is 3. The molecular weight excluding hydrogens is 303 g/mol. The standard InChI is InChI=1S/C16H32O.H3O4P/c1-3-5-6-7-8-9-10-11-12-13-14-16-17-15-4-2;1-5(2,3)4/h4,15H,3,5-14,16H2,1-2H3;(H3,1,2,3,4). The summed E-state index contributed by atoms with van der Waals surface area (Å²) in [6.07, 6.45) is 19.1. The summed E-state index contributed by atoms with van der Waals surface area (Å²) in [5.41, 5.74) is 0. The third-order valence-electron chi connectivity index (χ3n) is 3.10. The molecule has 0 aliphatic rings. The summed E-state index contributed by atoms with van der Waals surface area (Å²) < 4.78 is 14.2. The summed E-state index contributed by atoms with van der Waals surface area (Å²) in [4.78, 5) is 21.6. The number of rotatable bonds is 13. The van der Waals surface area contributed by atoms with Crippen LogP contribution >= 0.6 is 7.82 Å². The minimum atomic E-state index is -4.64. The van der Waals surface area contributed by atoms with Gasteiger partial charge in [-0.05, 0) is 13.3 Å². The van der Waals surface area contributed by atoms with E-state index < -0.39 is 7.82 Å². The second kappa shape index (κ2) is 18.7. The summed E-state index contributed by atoms with van der Waals surface area (Å²) in [7, 11) is -4.64. The number of unbranched alkanes of at least 4 members (excludes halogenated alkanes) is 10. The van der Waals surface area contributed by atoms with Crippen LogP contribution in [0.1, 0.15) is 84.5 Å². The van der Waals surface area contributed by atoms with Crippen molar-refractivity contribution in [1.82, 2.24) is 0 Å². The quantitative estimate of drug-likeness (QED) is 0.252. The van der Waals surface area contributed by atoms with Crippen LogP contribution in [0.5, 0.6) is 0 Å². The van der Waals surface area contributed by atoms with Gasteiger partial charge in [-0.25, -0.2) is 4.57 Å². The molecule has 0 bridgehead atoms. The Balaban J connectivity index is 0. The normalized spacial score (nSPS) is 11.3. The zero-order valence-corrected chi connectivity index (χ0v) is 15.1. The summed E-state index contributed by atoms with van der Waals surface area (Å²) >= 11 is 0. The second-order valence-corrected chi connectivity index (χ2v) is 6.42. The molecule has 0 saturated carbocycles. The van der Waals surface area contributed by atoms with E-state index in [1.807, 2.05) is 13.0 Å². The van der Waals surface area contributed by atoms with Gasteiger partial charge < -0.3 is 19.4 Å². The highest BCUT2D eigenvalue weighted by Gasteiger charge is 2.00. The molecule has 0 fully saturated rings. The van der Waals surface area contributed by atoms with Crippen LogP contribution in [0.2, 0.25) is 0 Å². The predicted molar refractivity (Wildman–Crippen MR) is 91.5 cm³/mol. The number of ether oxygens (including phenoxy) is 1. The van der Waals surface area contributed by atoms with Gasteiger partial charge in [0.05, 0.1) is 12.9 Å². The molecule has 3 N–H and O–H groups in total. The van der Waals surface area contributed by atoms with E-state index in [4.69, 9.17) is 24.0 Å². The van der Waals surface area contributed by atoms with Crippen molar-refractivity contribution in [1.29, 1.82) is 0 Å². The smallest absolute Gasteiger partial charge is 0.466 e. The summed E-state index contributed by atoms with van der Waals surface area (Å²) in [5.74, 6) is 0. The third kappa shape index (κ3) is 36.7. The Labute approximate surface area is 136 Å². The van der Waals surface area contributed by atoms with Gasteiger partial charge in [0.15, 0.2) is 0 Å². The lowest BCUT2D eigenvalue weighted by molar-refractivity contribution is 0.240. The Hall–Kier alpha value is -0.350. The molecule has 0 spiro atoms. The molecule has 0 radical (unpaired) electrons. The topological polar surface area (TPSA) is 87.0 Å². The molecule has 0 amide bonds. The van der Waals surface area contributed by atoms with Gasteiger partial charge in [0, 0.05) is 0 Å². The summed E-state index contributed by atoms with van der Waals surface area (Å²) in [6.45, 7) is 5.15. The van der Waals surface area contributed by atoms with E-state index in [1.54, 1.807) is 6.26 Å². The minimum Gasteiger partial charge on any atom is -0.502 e. The molecule has 0 saturated heterocycles. The maximum atomic E-state index is 8.88. The van der Waals surface area contributed by atoms with Crippen LogP contribution in [0, 0.1) is 0 Å². The molecule has 5 nitrogen and oxygen atoms in total. The summed E-state index contributed by atoms with van der Waals surface area (Å²) in [5, 5.41) is 0. The Kier molecular flexibility index (Phi) is 20.3. The van der Waals surface area contributed by atoms with Crippen molar-refractivity contribution in [3.63, 3.8) is 0 Å². The van der Waals surface area contributed by atoms with Gasteiger partial charge in [-0.1, -0.05) is 77.2 Å². The van der Waals surface area contributed by atoms with Crippen LogP contribution in [0.3, 0.4) is 0 Å². The molecular formula is C16H35O5P. The van der Waals surface area contributed by atoms with Gasteiger partial charge in [0.1, 0.15) is 0 Å². The second-order valence-electron chi connectivity index (χ2n) is 5.39. The SMILES string of the molecule is CC=COCCCCCCCCCCCCC.O=P(O)(O)O. The van der Waals surface area contributed by atoms with E-state index >= 15 is 0 Å². The average molecular weight is 338 g/mol. The van der Waals surface area contributed by atoms with Gasteiger partial charge in [0.2, 0.25) is 0 Å². The van der Waals surface area contributed by atoms with Crippen molar-refractivity contribution in [2.75, 3.05) is 6.61 Å². The van der Waals surface area contributed by atoms with Crippen LogP contribution in [0.4, 0.5) is 0 Å². The van der Waals surface area contributed by atoms with E-state index in [1.165, 1.54) is 70.6 Å². The highest BCUT2D eigenvalue weighted by molar-refractivity contribution is 7.45. The average Bonchev–Trinajstić information content (AvgIpc) is 2.42. The molecule has 22 heavy (non-hydrogen) atoms. The largest absolute Gasteiger partial charge is 0.502 e. The molecule has 0 rings (SSSR count). The predicted octanol–water partition coefficient (Wildman–Crippen LogP) is 4.92. The van der Waals surface area contributed by atoms with Crippen LogP contribution in [0.15, 0.2) is 12.3 Å². The first-order valence-electron chi connectivity index (χ1n) is 8.42. The van der Waals surface area contributed by atoms with E-state index in [9.17, 15) is 0 Å². The molecule has 0 aliphatic carbocycles. The fourth-order valence-corrected chi connectivity index (χ4v) is 2.01.